The third-order valence-electron chi connectivity index (χ3n) is 3.46. The molecule has 0 unspecified atom stereocenters. The van der Waals surface area contributed by atoms with Crippen molar-refractivity contribution in [2.45, 2.75) is 25.3 Å². The van der Waals surface area contributed by atoms with Gasteiger partial charge in [-0.3, -0.25) is 0 Å². The Bertz CT molecular complexity index is 490. The van der Waals surface area contributed by atoms with Crippen LogP contribution in [0.3, 0.4) is 0 Å². The first-order valence-corrected chi connectivity index (χ1v) is 6.30. The Morgan fingerprint density at radius 2 is 1.71 bits per heavy atom. The molecule has 0 aliphatic carbocycles. The van der Waals surface area contributed by atoms with Crippen LogP contribution in [0.1, 0.15) is 17.5 Å². The quantitative estimate of drug-likeness (QED) is 0.819. The van der Waals surface area contributed by atoms with Crippen molar-refractivity contribution in [2.75, 3.05) is 5.32 Å². The maximum Gasteiger partial charge on any atom is 0.0374 e. The molecule has 86 valence electrons. The number of fused-ring (bicyclic) bond motifs is 1. The Morgan fingerprint density at radius 3 is 2.59 bits per heavy atom. The Morgan fingerprint density at radius 1 is 0.941 bits per heavy atom. The molecule has 1 aliphatic heterocycles. The SMILES string of the molecule is c1ccc(C[C@H]2CCc3ccccc3N2)cc1. The first kappa shape index (κ1) is 10.4. The molecule has 0 spiro atoms. The molecule has 0 saturated heterocycles. The summed E-state index contributed by atoms with van der Waals surface area (Å²) in [6.07, 6.45) is 3.54. The molecular formula is C16H17N. The third-order valence-corrected chi connectivity index (χ3v) is 3.46. The average Bonchev–Trinajstić information content (AvgIpc) is 2.40. The van der Waals surface area contributed by atoms with Gasteiger partial charge in [0, 0.05) is 11.7 Å². The predicted molar refractivity (Wildman–Crippen MR) is 72.3 cm³/mol. The number of aryl methyl sites for hydroxylation is 1. The molecule has 2 aromatic rings. The van der Waals surface area contributed by atoms with Crippen LogP contribution in [0.4, 0.5) is 5.69 Å². The van der Waals surface area contributed by atoms with Crippen molar-refractivity contribution in [1.29, 1.82) is 0 Å². The normalized spacial score (nSPS) is 18.2. The highest BCUT2D eigenvalue weighted by Gasteiger charge is 2.16. The fraction of sp³-hybridized carbons (Fsp3) is 0.250. The Kier molecular flexibility index (Phi) is 2.83. The van der Waals surface area contributed by atoms with Gasteiger partial charge in [-0.15, -0.1) is 0 Å². The van der Waals surface area contributed by atoms with Crippen LogP contribution >= 0.6 is 0 Å². The van der Waals surface area contributed by atoms with Crippen LogP contribution in [0, 0.1) is 0 Å². The predicted octanol–water partition coefficient (Wildman–Crippen LogP) is 3.66. The van der Waals surface area contributed by atoms with Crippen LogP contribution in [0.15, 0.2) is 54.6 Å². The molecule has 0 aromatic heterocycles. The molecule has 0 saturated carbocycles. The van der Waals surface area contributed by atoms with Gasteiger partial charge in [-0.2, -0.15) is 0 Å². The van der Waals surface area contributed by atoms with Crippen molar-refractivity contribution in [3.63, 3.8) is 0 Å². The van der Waals surface area contributed by atoms with Gasteiger partial charge in [0.1, 0.15) is 0 Å². The van der Waals surface area contributed by atoms with E-state index >= 15 is 0 Å². The van der Waals surface area contributed by atoms with E-state index in [1.165, 1.54) is 29.7 Å². The van der Waals surface area contributed by atoms with Crippen molar-refractivity contribution in [1.82, 2.24) is 0 Å². The molecule has 1 heterocycles. The van der Waals surface area contributed by atoms with Crippen LogP contribution in [-0.4, -0.2) is 6.04 Å². The van der Waals surface area contributed by atoms with E-state index < -0.39 is 0 Å². The highest BCUT2D eigenvalue weighted by Crippen LogP contribution is 2.25. The standard InChI is InChI=1S/C16H17N/c1-2-6-13(7-3-1)12-15-11-10-14-8-4-5-9-16(14)17-15/h1-9,15,17H,10-12H2/t15-/m1/s1. The van der Waals surface area contributed by atoms with Gasteiger partial charge < -0.3 is 5.32 Å². The Labute approximate surface area is 102 Å². The Hall–Kier alpha value is -1.76. The number of nitrogens with one attached hydrogen (secondary N) is 1. The van der Waals surface area contributed by atoms with E-state index in [2.05, 4.69) is 59.9 Å². The summed E-state index contributed by atoms with van der Waals surface area (Å²) in [5, 5.41) is 3.65. The van der Waals surface area contributed by atoms with Gasteiger partial charge in [0.15, 0.2) is 0 Å². The fourth-order valence-electron chi connectivity index (χ4n) is 2.55. The maximum atomic E-state index is 3.65. The highest BCUT2D eigenvalue weighted by atomic mass is 14.9. The van der Waals surface area contributed by atoms with Crippen molar-refractivity contribution >= 4 is 5.69 Å². The summed E-state index contributed by atoms with van der Waals surface area (Å²) in [5.74, 6) is 0. The summed E-state index contributed by atoms with van der Waals surface area (Å²) >= 11 is 0. The number of hydrogen-bond acceptors (Lipinski definition) is 1. The number of benzene rings is 2. The number of anilines is 1. The monoisotopic (exact) mass is 223 g/mol. The van der Waals surface area contributed by atoms with E-state index in [4.69, 9.17) is 0 Å². The molecule has 1 heteroatoms. The fourth-order valence-corrected chi connectivity index (χ4v) is 2.55. The second-order valence-corrected chi connectivity index (χ2v) is 4.73. The van der Waals surface area contributed by atoms with Crippen LogP contribution in [0.5, 0.6) is 0 Å². The molecule has 3 rings (SSSR count). The molecule has 0 radical (unpaired) electrons. The van der Waals surface area contributed by atoms with Gasteiger partial charge in [-0.25, -0.2) is 0 Å². The largest absolute Gasteiger partial charge is 0.382 e. The van der Waals surface area contributed by atoms with Gasteiger partial charge in [0.2, 0.25) is 0 Å². The first-order chi connectivity index (χ1) is 8.42. The van der Waals surface area contributed by atoms with E-state index in [1.54, 1.807) is 0 Å². The number of para-hydroxylation sites is 1. The average molecular weight is 223 g/mol. The van der Waals surface area contributed by atoms with Gasteiger partial charge in [-0.05, 0) is 36.5 Å². The molecule has 1 N–H and O–H groups in total. The molecule has 2 aromatic carbocycles. The van der Waals surface area contributed by atoms with Crippen molar-refractivity contribution < 1.29 is 0 Å². The van der Waals surface area contributed by atoms with Crippen LogP contribution in [0.25, 0.3) is 0 Å². The molecule has 0 fully saturated rings. The second-order valence-electron chi connectivity index (χ2n) is 4.73. The lowest BCUT2D eigenvalue weighted by molar-refractivity contribution is 0.628. The maximum absolute atomic E-state index is 3.65. The van der Waals surface area contributed by atoms with E-state index in [-0.39, 0.29) is 0 Å². The van der Waals surface area contributed by atoms with Gasteiger partial charge in [0.05, 0.1) is 0 Å². The van der Waals surface area contributed by atoms with Crippen LogP contribution in [0.2, 0.25) is 0 Å². The minimum Gasteiger partial charge on any atom is -0.382 e. The zero-order chi connectivity index (χ0) is 11.5. The minimum absolute atomic E-state index is 0.576. The van der Waals surface area contributed by atoms with Crippen molar-refractivity contribution in [2.24, 2.45) is 0 Å². The van der Waals surface area contributed by atoms with Crippen LogP contribution in [-0.2, 0) is 12.8 Å². The molecule has 1 aliphatic rings. The van der Waals surface area contributed by atoms with Crippen LogP contribution < -0.4 is 5.32 Å². The van der Waals surface area contributed by atoms with E-state index in [0.29, 0.717) is 6.04 Å². The molecule has 0 bridgehead atoms. The summed E-state index contributed by atoms with van der Waals surface area (Å²) in [5.41, 5.74) is 4.20. The summed E-state index contributed by atoms with van der Waals surface area (Å²) in [6, 6.07) is 19.9. The zero-order valence-corrected chi connectivity index (χ0v) is 9.89. The van der Waals surface area contributed by atoms with Crippen molar-refractivity contribution in [3.05, 3.63) is 65.7 Å². The summed E-state index contributed by atoms with van der Waals surface area (Å²) in [6.45, 7) is 0. The Balaban J connectivity index is 1.72. The van der Waals surface area contributed by atoms with E-state index in [0.717, 1.165) is 6.42 Å². The second kappa shape index (κ2) is 4.62. The summed E-state index contributed by atoms with van der Waals surface area (Å²) < 4.78 is 0. The lowest BCUT2D eigenvalue weighted by Gasteiger charge is -2.27. The first-order valence-electron chi connectivity index (χ1n) is 6.30. The summed E-state index contributed by atoms with van der Waals surface area (Å²) in [4.78, 5) is 0. The van der Waals surface area contributed by atoms with Crippen molar-refractivity contribution in [3.8, 4) is 0 Å². The highest BCUT2D eigenvalue weighted by molar-refractivity contribution is 5.53. The molecule has 1 atom stereocenters. The molecule has 17 heavy (non-hydrogen) atoms. The smallest absolute Gasteiger partial charge is 0.0374 e. The van der Waals surface area contributed by atoms with Gasteiger partial charge in [0.25, 0.3) is 0 Å². The van der Waals surface area contributed by atoms with Gasteiger partial charge in [-0.1, -0.05) is 48.5 Å². The lowest BCUT2D eigenvalue weighted by Crippen LogP contribution is -2.27. The van der Waals surface area contributed by atoms with E-state index in [1.807, 2.05) is 0 Å². The number of hydrogen-bond donors (Lipinski definition) is 1. The molecule has 1 nitrogen and oxygen atoms in total. The lowest BCUT2D eigenvalue weighted by atomic mass is 9.94. The number of rotatable bonds is 2. The topological polar surface area (TPSA) is 12.0 Å². The third kappa shape index (κ3) is 2.33. The molecular weight excluding hydrogens is 206 g/mol. The zero-order valence-electron chi connectivity index (χ0n) is 9.89. The van der Waals surface area contributed by atoms with E-state index in [9.17, 15) is 0 Å². The summed E-state index contributed by atoms with van der Waals surface area (Å²) in [7, 11) is 0. The van der Waals surface area contributed by atoms with Gasteiger partial charge >= 0.3 is 0 Å². The molecule has 0 amide bonds. The minimum atomic E-state index is 0.576.